The fourth-order valence-electron chi connectivity index (χ4n) is 3.19. The van der Waals surface area contributed by atoms with Gasteiger partial charge in [-0.05, 0) is 61.4 Å². The van der Waals surface area contributed by atoms with E-state index in [0.717, 1.165) is 5.56 Å². The molecule has 35 heavy (non-hydrogen) atoms. The molecule has 1 aromatic heterocycles. The van der Waals surface area contributed by atoms with E-state index in [1.807, 2.05) is 60.7 Å². The predicted octanol–water partition coefficient (Wildman–Crippen LogP) is 4.62. The van der Waals surface area contributed by atoms with Crippen LogP contribution in [0.25, 0.3) is 11.4 Å². The zero-order valence-corrected chi connectivity index (χ0v) is 19.8. The number of esters is 2. The van der Waals surface area contributed by atoms with Gasteiger partial charge in [-0.3, -0.25) is 4.79 Å². The summed E-state index contributed by atoms with van der Waals surface area (Å²) in [5.74, 6) is -0.0642. The number of tetrazole rings is 1. The van der Waals surface area contributed by atoms with Crippen molar-refractivity contribution in [2.75, 3.05) is 0 Å². The maximum atomic E-state index is 13.1. The zero-order valence-electron chi connectivity index (χ0n) is 19.8. The van der Waals surface area contributed by atoms with Gasteiger partial charge in [-0.25, -0.2) is 4.79 Å². The Morgan fingerprint density at radius 1 is 0.886 bits per heavy atom. The minimum absolute atomic E-state index is 0.138. The average Bonchev–Trinajstić information content (AvgIpc) is 3.34. The Kier molecular flexibility index (Phi) is 7.01. The fraction of sp³-hybridized carbons (Fsp3) is 0.222. The third kappa shape index (κ3) is 5.97. The van der Waals surface area contributed by atoms with Gasteiger partial charge < -0.3 is 9.47 Å². The molecule has 0 saturated carbocycles. The first-order chi connectivity index (χ1) is 16.8. The van der Waals surface area contributed by atoms with Crippen LogP contribution in [0.5, 0.6) is 5.75 Å². The maximum absolute atomic E-state index is 13.1. The van der Waals surface area contributed by atoms with E-state index in [1.54, 1.807) is 45.0 Å². The van der Waals surface area contributed by atoms with Gasteiger partial charge in [0.15, 0.2) is 6.04 Å². The van der Waals surface area contributed by atoms with Crippen LogP contribution in [0.1, 0.15) is 37.9 Å². The molecule has 0 spiro atoms. The number of nitrogens with zero attached hydrogens (tertiary/aromatic N) is 4. The van der Waals surface area contributed by atoms with Crippen LogP contribution in [0.15, 0.2) is 84.9 Å². The number of rotatable bonds is 7. The molecule has 0 aliphatic rings. The Morgan fingerprint density at radius 3 is 2.14 bits per heavy atom. The van der Waals surface area contributed by atoms with Crippen LogP contribution in [0.2, 0.25) is 0 Å². The molecule has 0 bridgehead atoms. The maximum Gasteiger partial charge on any atom is 0.337 e. The van der Waals surface area contributed by atoms with E-state index in [9.17, 15) is 9.59 Å². The van der Waals surface area contributed by atoms with Crippen molar-refractivity contribution in [3.63, 3.8) is 0 Å². The minimum Gasteiger partial charge on any atom is -0.459 e. The van der Waals surface area contributed by atoms with E-state index >= 15 is 0 Å². The summed E-state index contributed by atoms with van der Waals surface area (Å²) in [6.45, 7) is 5.51. The number of hydrogen-bond acceptors (Lipinski definition) is 7. The summed E-state index contributed by atoms with van der Waals surface area (Å²) in [5.41, 5.74) is 1.62. The van der Waals surface area contributed by atoms with Crippen LogP contribution in [0, 0.1) is 5.41 Å². The minimum atomic E-state index is -0.895. The zero-order chi connectivity index (χ0) is 24.8. The molecule has 178 valence electrons. The summed E-state index contributed by atoms with van der Waals surface area (Å²) in [4.78, 5) is 26.5. The monoisotopic (exact) mass is 470 g/mol. The Morgan fingerprint density at radius 2 is 1.51 bits per heavy atom. The molecule has 0 aliphatic carbocycles. The van der Waals surface area contributed by atoms with Crippen molar-refractivity contribution in [2.45, 2.75) is 33.4 Å². The van der Waals surface area contributed by atoms with Gasteiger partial charge in [-0.2, -0.15) is 0 Å². The smallest absolute Gasteiger partial charge is 0.337 e. The number of carbonyl (C=O) groups excluding carboxylic acids is 2. The molecule has 4 rings (SSSR count). The summed E-state index contributed by atoms with van der Waals surface area (Å²) in [6, 6.07) is 24.5. The molecule has 1 heterocycles. The van der Waals surface area contributed by atoms with Crippen molar-refractivity contribution in [2.24, 2.45) is 5.41 Å². The first-order valence-electron chi connectivity index (χ1n) is 11.2. The number of aromatic nitrogens is 4. The SMILES string of the molecule is CC(C)(C)C(=O)Oc1ccc(-c2nnn(C(C(=O)OCc3ccccc3)c3ccccc3)n2)cc1. The van der Waals surface area contributed by atoms with Crippen LogP contribution in [-0.2, 0) is 20.9 Å². The van der Waals surface area contributed by atoms with E-state index in [1.165, 1.54) is 4.80 Å². The Hall–Kier alpha value is -4.33. The molecular formula is C27H26N4O4. The highest BCUT2D eigenvalue weighted by atomic mass is 16.5. The Balaban J connectivity index is 1.54. The molecule has 0 amide bonds. The third-order valence-electron chi connectivity index (χ3n) is 5.16. The van der Waals surface area contributed by atoms with Gasteiger partial charge in [0.25, 0.3) is 0 Å². The van der Waals surface area contributed by atoms with Gasteiger partial charge in [0.1, 0.15) is 12.4 Å². The lowest BCUT2D eigenvalue weighted by molar-refractivity contribution is -0.148. The van der Waals surface area contributed by atoms with Gasteiger partial charge in [0, 0.05) is 5.56 Å². The lowest BCUT2D eigenvalue weighted by Gasteiger charge is -2.16. The number of carbonyl (C=O) groups is 2. The second-order valence-corrected chi connectivity index (χ2v) is 9.00. The largest absolute Gasteiger partial charge is 0.459 e. The summed E-state index contributed by atoms with van der Waals surface area (Å²) >= 11 is 0. The molecule has 8 nitrogen and oxygen atoms in total. The topological polar surface area (TPSA) is 96.2 Å². The molecule has 0 N–H and O–H groups in total. The summed E-state index contributed by atoms with van der Waals surface area (Å²) in [6.07, 6.45) is 0. The van der Waals surface area contributed by atoms with Crippen molar-refractivity contribution in [3.8, 4) is 17.1 Å². The van der Waals surface area contributed by atoms with Gasteiger partial charge in [-0.15, -0.1) is 15.0 Å². The van der Waals surface area contributed by atoms with Crippen molar-refractivity contribution >= 4 is 11.9 Å². The van der Waals surface area contributed by atoms with Gasteiger partial charge in [0.2, 0.25) is 5.82 Å². The highest BCUT2D eigenvalue weighted by Crippen LogP contribution is 2.24. The van der Waals surface area contributed by atoms with Crippen LogP contribution in [0.3, 0.4) is 0 Å². The predicted molar refractivity (Wildman–Crippen MR) is 129 cm³/mol. The van der Waals surface area contributed by atoms with Crippen molar-refractivity contribution in [3.05, 3.63) is 96.1 Å². The molecule has 1 atom stereocenters. The highest BCUT2D eigenvalue weighted by Gasteiger charge is 2.28. The molecule has 0 saturated heterocycles. The van der Waals surface area contributed by atoms with Crippen molar-refractivity contribution < 1.29 is 19.1 Å². The summed E-state index contributed by atoms with van der Waals surface area (Å²) in [7, 11) is 0. The molecule has 0 fully saturated rings. The van der Waals surface area contributed by atoms with E-state index in [0.29, 0.717) is 22.7 Å². The van der Waals surface area contributed by atoms with Gasteiger partial charge >= 0.3 is 11.9 Å². The average molecular weight is 471 g/mol. The highest BCUT2D eigenvalue weighted by molar-refractivity contribution is 5.78. The van der Waals surface area contributed by atoms with E-state index in [-0.39, 0.29) is 12.6 Å². The molecule has 0 aliphatic heterocycles. The van der Waals surface area contributed by atoms with Crippen molar-refractivity contribution in [1.82, 2.24) is 20.2 Å². The van der Waals surface area contributed by atoms with E-state index in [2.05, 4.69) is 15.4 Å². The van der Waals surface area contributed by atoms with E-state index < -0.39 is 17.4 Å². The van der Waals surface area contributed by atoms with Gasteiger partial charge in [-0.1, -0.05) is 60.7 Å². The molecule has 3 aromatic carbocycles. The third-order valence-corrected chi connectivity index (χ3v) is 5.16. The van der Waals surface area contributed by atoms with E-state index in [4.69, 9.17) is 9.47 Å². The second kappa shape index (κ2) is 10.3. The number of hydrogen-bond donors (Lipinski definition) is 0. The molecule has 0 radical (unpaired) electrons. The normalized spacial score (nSPS) is 12.1. The lowest BCUT2D eigenvalue weighted by Crippen LogP contribution is -2.25. The quantitative estimate of drug-likeness (QED) is 0.287. The first-order valence-corrected chi connectivity index (χ1v) is 11.2. The summed E-state index contributed by atoms with van der Waals surface area (Å²) in [5, 5.41) is 12.7. The van der Waals surface area contributed by atoms with Crippen LogP contribution >= 0.6 is 0 Å². The number of benzene rings is 3. The standard InChI is InChI=1S/C27H26N4O4/c1-27(2,3)26(33)35-22-16-14-21(15-17-22)24-28-30-31(29-24)23(20-12-8-5-9-13-20)25(32)34-18-19-10-6-4-7-11-19/h4-17,23H,18H2,1-3H3. The van der Waals surface area contributed by atoms with Crippen LogP contribution in [0.4, 0.5) is 0 Å². The Labute approximate surface area is 203 Å². The molecule has 1 unspecified atom stereocenters. The molecule has 8 heteroatoms. The molecular weight excluding hydrogens is 444 g/mol. The second-order valence-electron chi connectivity index (χ2n) is 9.00. The van der Waals surface area contributed by atoms with Gasteiger partial charge in [0.05, 0.1) is 5.41 Å². The summed E-state index contributed by atoms with van der Waals surface area (Å²) < 4.78 is 11.0. The lowest BCUT2D eigenvalue weighted by atomic mass is 9.97. The number of ether oxygens (including phenoxy) is 2. The fourth-order valence-corrected chi connectivity index (χ4v) is 3.19. The molecule has 4 aromatic rings. The van der Waals surface area contributed by atoms with Crippen LogP contribution < -0.4 is 4.74 Å². The first kappa shape index (κ1) is 23.8. The Bertz CT molecular complexity index is 1280. The van der Waals surface area contributed by atoms with Crippen molar-refractivity contribution in [1.29, 1.82) is 0 Å². The van der Waals surface area contributed by atoms with Crippen LogP contribution in [-0.4, -0.2) is 32.1 Å².